The SMILES string of the molecule is NC(=O)c1ccc(OCCC(=O)N2CCC[C@@H]2C(=O)O)cc1. The van der Waals surface area contributed by atoms with Crippen molar-refractivity contribution in [1.29, 1.82) is 0 Å². The molecule has 1 aliphatic heterocycles. The van der Waals surface area contributed by atoms with E-state index in [4.69, 9.17) is 15.6 Å². The highest BCUT2D eigenvalue weighted by molar-refractivity contribution is 5.92. The van der Waals surface area contributed by atoms with Crippen LogP contribution in [0, 0.1) is 0 Å². The van der Waals surface area contributed by atoms with Gasteiger partial charge in [0, 0.05) is 12.1 Å². The lowest BCUT2D eigenvalue weighted by Gasteiger charge is -2.21. The summed E-state index contributed by atoms with van der Waals surface area (Å²) in [6.45, 7) is 0.626. The largest absolute Gasteiger partial charge is 0.493 e. The number of nitrogens with zero attached hydrogens (tertiary/aromatic N) is 1. The second kappa shape index (κ2) is 6.93. The second-order valence-corrected chi connectivity index (χ2v) is 5.07. The van der Waals surface area contributed by atoms with Gasteiger partial charge in [-0.25, -0.2) is 4.79 Å². The van der Waals surface area contributed by atoms with Gasteiger partial charge in [-0.3, -0.25) is 9.59 Å². The smallest absolute Gasteiger partial charge is 0.326 e. The summed E-state index contributed by atoms with van der Waals surface area (Å²) in [5.74, 6) is -1.18. The van der Waals surface area contributed by atoms with E-state index in [9.17, 15) is 14.4 Å². The van der Waals surface area contributed by atoms with E-state index in [1.54, 1.807) is 24.3 Å². The Morgan fingerprint density at radius 1 is 1.27 bits per heavy atom. The molecule has 118 valence electrons. The molecule has 1 aromatic rings. The van der Waals surface area contributed by atoms with Crippen LogP contribution in [0.2, 0.25) is 0 Å². The van der Waals surface area contributed by atoms with Gasteiger partial charge in [0.1, 0.15) is 11.8 Å². The molecule has 2 rings (SSSR count). The fraction of sp³-hybridized carbons (Fsp3) is 0.400. The lowest BCUT2D eigenvalue weighted by molar-refractivity contribution is -0.148. The molecule has 2 amide bonds. The average Bonchev–Trinajstić information content (AvgIpc) is 2.97. The first kappa shape index (κ1) is 15.8. The monoisotopic (exact) mass is 306 g/mol. The zero-order valence-electron chi connectivity index (χ0n) is 12.0. The molecule has 1 atom stereocenters. The standard InChI is InChI=1S/C15H18N2O5/c16-14(19)10-3-5-11(6-4-10)22-9-7-13(18)17-8-1-2-12(17)15(20)21/h3-6,12H,1-2,7-9H2,(H2,16,19)(H,20,21)/t12-/m1/s1. The first-order valence-electron chi connectivity index (χ1n) is 7.04. The van der Waals surface area contributed by atoms with Gasteiger partial charge >= 0.3 is 5.97 Å². The van der Waals surface area contributed by atoms with Crippen molar-refractivity contribution in [3.8, 4) is 5.75 Å². The minimum absolute atomic E-state index is 0.112. The van der Waals surface area contributed by atoms with E-state index in [2.05, 4.69) is 0 Å². The van der Waals surface area contributed by atoms with Gasteiger partial charge in [-0.2, -0.15) is 0 Å². The van der Waals surface area contributed by atoms with Crippen LogP contribution in [0.25, 0.3) is 0 Å². The highest BCUT2D eigenvalue weighted by atomic mass is 16.5. The third-order valence-corrected chi connectivity index (χ3v) is 3.58. The Balaban J connectivity index is 1.81. The molecule has 0 aromatic heterocycles. The van der Waals surface area contributed by atoms with Crippen LogP contribution in [0.15, 0.2) is 24.3 Å². The van der Waals surface area contributed by atoms with Crippen molar-refractivity contribution >= 4 is 17.8 Å². The van der Waals surface area contributed by atoms with Gasteiger partial charge < -0.3 is 20.5 Å². The van der Waals surface area contributed by atoms with Crippen molar-refractivity contribution in [1.82, 2.24) is 4.90 Å². The molecule has 1 heterocycles. The van der Waals surface area contributed by atoms with Crippen molar-refractivity contribution in [2.75, 3.05) is 13.2 Å². The van der Waals surface area contributed by atoms with Crippen LogP contribution in [0.1, 0.15) is 29.6 Å². The highest BCUT2D eigenvalue weighted by Gasteiger charge is 2.33. The number of primary amides is 1. The molecule has 0 bridgehead atoms. The van der Waals surface area contributed by atoms with Crippen LogP contribution in [0.5, 0.6) is 5.75 Å². The number of nitrogens with two attached hydrogens (primary N) is 1. The van der Waals surface area contributed by atoms with E-state index in [-0.39, 0.29) is 18.9 Å². The van der Waals surface area contributed by atoms with Gasteiger partial charge in [0.05, 0.1) is 13.0 Å². The van der Waals surface area contributed by atoms with Crippen molar-refractivity contribution in [2.45, 2.75) is 25.3 Å². The van der Waals surface area contributed by atoms with E-state index in [0.29, 0.717) is 30.7 Å². The Morgan fingerprint density at radius 3 is 2.55 bits per heavy atom. The lowest BCUT2D eigenvalue weighted by Crippen LogP contribution is -2.40. The molecular formula is C15H18N2O5. The molecule has 3 N–H and O–H groups in total. The van der Waals surface area contributed by atoms with Crippen molar-refractivity contribution in [3.63, 3.8) is 0 Å². The molecule has 0 unspecified atom stereocenters. The Labute approximate surface area is 127 Å². The molecule has 1 aliphatic rings. The Hall–Kier alpha value is -2.57. The number of carboxylic acids is 1. The van der Waals surface area contributed by atoms with Gasteiger partial charge in [0.25, 0.3) is 0 Å². The number of hydrogen-bond donors (Lipinski definition) is 2. The molecule has 1 aromatic carbocycles. The summed E-state index contributed by atoms with van der Waals surface area (Å²) < 4.78 is 5.42. The topological polar surface area (TPSA) is 110 Å². The summed E-state index contributed by atoms with van der Waals surface area (Å²) in [6.07, 6.45) is 1.32. The molecule has 7 nitrogen and oxygen atoms in total. The summed E-state index contributed by atoms with van der Waals surface area (Å²) in [5, 5.41) is 9.04. The second-order valence-electron chi connectivity index (χ2n) is 5.07. The van der Waals surface area contributed by atoms with Crippen LogP contribution in [0.4, 0.5) is 0 Å². The van der Waals surface area contributed by atoms with Crippen LogP contribution >= 0.6 is 0 Å². The molecule has 0 saturated carbocycles. The maximum atomic E-state index is 12.0. The van der Waals surface area contributed by atoms with E-state index in [0.717, 1.165) is 0 Å². The van der Waals surface area contributed by atoms with E-state index in [1.165, 1.54) is 4.90 Å². The van der Waals surface area contributed by atoms with E-state index < -0.39 is 17.9 Å². The predicted octanol–water partition coefficient (Wildman–Crippen LogP) is 0.630. The zero-order valence-corrected chi connectivity index (χ0v) is 12.0. The number of carboxylic acid groups (broad SMARTS) is 1. The summed E-state index contributed by atoms with van der Waals surface area (Å²) >= 11 is 0. The van der Waals surface area contributed by atoms with Crippen LogP contribution in [-0.4, -0.2) is 47.0 Å². The van der Waals surface area contributed by atoms with Crippen LogP contribution in [-0.2, 0) is 9.59 Å². The summed E-state index contributed by atoms with van der Waals surface area (Å²) in [4.78, 5) is 35.4. The first-order valence-corrected chi connectivity index (χ1v) is 7.04. The number of carbonyl (C=O) groups excluding carboxylic acids is 2. The molecule has 0 aliphatic carbocycles. The molecule has 0 radical (unpaired) electrons. The van der Waals surface area contributed by atoms with E-state index in [1.807, 2.05) is 0 Å². The molecule has 7 heteroatoms. The third kappa shape index (κ3) is 3.75. The van der Waals surface area contributed by atoms with Crippen LogP contribution < -0.4 is 10.5 Å². The third-order valence-electron chi connectivity index (χ3n) is 3.58. The number of carbonyl (C=O) groups is 3. The molecule has 1 fully saturated rings. The van der Waals surface area contributed by atoms with Gasteiger partial charge in [0.2, 0.25) is 11.8 Å². The number of ether oxygens (including phenoxy) is 1. The summed E-state index contributed by atoms with van der Waals surface area (Å²) in [5.41, 5.74) is 5.51. The fourth-order valence-corrected chi connectivity index (χ4v) is 2.44. The lowest BCUT2D eigenvalue weighted by atomic mass is 10.2. The Kier molecular flexibility index (Phi) is 4.98. The number of aliphatic carboxylic acids is 1. The Bertz CT molecular complexity index is 570. The maximum absolute atomic E-state index is 12.0. The van der Waals surface area contributed by atoms with Crippen molar-refractivity contribution in [3.05, 3.63) is 29.8 Å². The molecule has 22 heavy (non-hydrogen) atoms. The van der Waals surface area contributed by atoms with Crippen molar-refractivity contribution in [2.24, 2.45) is 5.73 Å². The predicted molar refractivity (Wildman–Crippen MR) is 77.4 cm³/mol. The number of amides is 2. The minimum Gasteiger partial charge on any atom is -0.493 e. The zero-order chi connectivity index (χ0) is 16.1. The van der Waals surface area contributed by atoms with Gasteiger partial charge in [0.15, 0.2) is 0 Å². The first-order chi connectivity index (χ1) is 10.5. The van der Waals surface area contributed by atoms with Crippen molar-refractivity contribution < 1.29 is 24.2 Å². The van der Waals surface area contributed by atoms with Gasteiger partial charge in [-0.1, -0.05) is 0 Å². The summed E-state index contributed by atoms with van der Waals surface area (Å²) in [7, 11) is 0. The number of rotatable bonds is 6. The quantitative estimate of drug-likeness (QED) is 0.801. The summed E-state index contributed by atoms with van der Waals surface area (Å²) in [6, 6.07) is 5.56. The van der Waals surface area contributed by atoms with Gasteiger partial charge in [-0.05, 0) is 37.1 Å². The average molecular weight is 306 g/mol. The fourth-order valence-electron chi connectivity index (χ4n) is 2.44. The normalized spacial score (nSPS) is 17.3. The van der Waals surface area contributed by atoms with E-state index >= 15 is 0 Å². The Morgan fingerprint density at radius 2 is 1.95 bits per heavy atom. The minimum atomic E-state index is -0.964. The number of hydrogen-bond acceptors (Lipinski definition) is 4. The molecular weight excluding hydrogens is 288 g/mol. The number of likely N-dealkylation sites (tertiary alicyclic amines) is 1. The maximum Gasteiger partial charge on any atom is 0.326 e. The van der Waals surface area contributed by atoms with Crippen LogP contribution in [0.3, 0.4) is 0 Å². The highest BCUT2D eigenvalue weighted by Crippen LogP contribution is 2.19. The van der Waals surface area contributed by atoms with Gasteiger partial charge in [-0.15, -0.1) is 0 Å². The molecule has 1 saturated heterocycles. The number of benzene rings is 1. The molecule has 0 spiro atoms.